The summed E-state index contributed by atoms with van der Waals surface area (Å²) in [5.41, 5.74) is 0.543. The van der Waals surface area contributed by atoms with Gasteiger partial charge in [0, 0.05) is 12.6 Å². The number of hydrogen-bond donors (Lipinski definition) is 2. The maximum absolute atomic E-state index is 12.4. The molecule has 110 valence electrons. The fourth-order valence-corrected chi connectivity index (χ4v) is 4.39. The maximum atomic E-state index is 12.4. The van der Waals surface area contributed by atoms with E-state index in [1.165, 1.54) is 24.2 Å². The smallest absolute Gasteiger partial charge is 0.344 e. The van der Waals surface area contributed by atoms with Crippen LogP contribution in [-0.4, -0.2) is 51.8 Å². The normalized spacial score (nSPS) is 35.0. The Morgan fingerprint density at radius 2 is 2.05 bits per heavy atom. The molecule has 2 N–H and O–H groups in total. The van der Waals surface area contributed by atoms with Crippen LogP contribution in [-0.2, 0) is 4.79 Å². The van der Waals surface area contributed by atoms with Crippen molar-refractivity contribution in [1.82, 2.24) is 15.3 Å². The van der Waals surface area contributed by atoms with Crippen LogP contribution in [0.1, 0.15) is 44.9 Å². The lowest BCUT2D eigenvalue weighted by atomic mass is 9.54. The number of fused-ring (bicyclic) bond motifs is 2. The minimum atomic E-state index is -0.420. The molecular formula is C14H21N3O3. The third-order valence-electron chi connectivity index (χ3n) is 5.77. The first-order valence-electron chi connectivity index (χ1n) is 7.67. The maximum Gasteiger partial charge on any atom is 0.344 e. The molecule has 0 aromatic carbocycles. The number of hydrogen-bond acceptors (Lipinski definition) is 3. The number of rotatable bonds is 2. The molecule has 1 spiro atoms. The molecule has 0 aromatic heterocycles. The van der Waals surface area contributed by atoms with E-state index in [4.69, 9.17) is 0 Å². The van der Waals surface area contributed by atoms with E-state index >= 15 is 0 Å². The van der Waals surface area contributed by atoms with Crippen LogP contribution in [0.2, 0.25) is 0 Å². The van der Waals surface area contributed by atoms with E-state index in [9.17, 15) is 14.8 Å². The third kappa shape index (κ3) is 1.67. The first-order chi connectivity index (χ1) is 9.58. The summed E-state index contributed by atoms with van der Waals surface area (Å²) < 4.78 is 0. The predicted molar refractivity (Wildman–Crippen MR) is 70.0 cm³/mol. The molecule has 4 rings (SSSR count). The Bertz CT molecular complexity index is 455. The zero-order valence-electron chi connectivity index (χ0n) is 11.5. The lowest BCUT2D eigenvalue weighted by Crippen LogP contribution is -2.58. The number of nitrogens with one attached hydrogen (secondary N) is 1. The Hall–Kier alpha value is -1.30. The second kappa shape index (κ2) is 4.10. The van der Waals surface area contributed by atoms with E-state index in [-0.39, 0.29) is 11.9 Å². The van der Waals surface area contributed by atoms with Gasteiger partial charge in [0.2, 0.25) is 5.91 Å². The molecule has 6 nitrogen and oxygen atoms in total. The van der Waals surface area contributed by atoms with Gasteiger partial charge in [-0.1, -0.05) is 6.42 Å². The van der Waals surface area contributed by atoms with Crippen LogP contribution in [0.25, 0.3) is 0 Å². The molecule has 2 atom stereocenters. The van der Waals surface area contributed by atoms with Gasteiger partial charge in [0.15, 0.2) is 0 Å². The summed E-state index contributed by atoms with van der Waals surface area (Å²) in [6.45, 7) is 0.474. The minimum Gasteiger partial charge on any atom is -0.352 e. The lowest BCUT2D eigenvalue weighted by Gasteiger charge is -2.54. The summed E-state index contributed by atoms with van der Waals surface area (Å²) in [7, 11) is 0. The Kier molecular flexibility index (Phi) is 2.55. The third-order valence-corrected chi connectivity index (χ3v) is 5.77. The van der Waals surface area contributed by atoms with Crippen LogP contribution in [0.3, 0.4) is 0 Å². The van der Waals surface area contributed by atoms with E-state index < -0.39 is 12.1 Å². The molecule has 3 amide bonds. The molecule has 0 aromatic rings. The predicted octanol–water partition coefficient (Wildman–Crippen LogP) is 1.09. The van der Waals surface area contributed by atoms with Crippen molar-refractivity contribution in [3.63, 3.8) is 0 Å². The molecule has 2 bridgehead atoms. The first kappa shape index (κ1) is 12.4. The minimum absolute atomic E-state index is 0.0359. The van der Waals surface area contributed by atoms with Crippen molar-refractivity contribution >= 4 is 11.9 Å². The molecule has 0 radical (unpaired) electrons. The molecular weight excluding hydrogens is 258 g/mol. The van der Waals surface area contributed by atoms with Gasteiger partial charge in [-0.3, -0.25) is 10.0 Å². The molecule has 2 saturated heterocycles. The summed E-state index contributed by atoms with van der Waals surface area (Å²) in [4.78, 5) is 25.7. The second-order valence-electron chi connectivity index (χ2n) is 6.99. The number of urea groups is 1. The zero-order valence-corrected chi connectivity index (χ0v) is 11.5. The van der Waals surface area contributed by atoms with Crippen molar-refractivity contribution in [1.29, 1.82) is 0 Å². The van der Waals surface area contributed by atoms with Crippen molar-refractivity contribution in [3.05, 3.63) is 0 Å². The van der Waals surface area contributed by atoms with Crippen LogP contribution in [0, 0.1) is 5.41 Å². The van der Waals surface area contributed by atoms with Gasteiger partial charge in [0.1, 0.15) is 6.04 Å². The van der Waals surface area contributed by atoms with E-state index in [1.54, 1.807) is 0 Å². The molecule has 2 saturated carbocycles. The highest BCUT2D eigenvalue weighted by atomic mass is 16.5. The topological polar surface area (TPSA) is 72.9 Å². The van der Waals surface area contributed by atoms with Crippen molar-refractivity contribution in [2.75, 3.05) is 6.54 Å². The van der Waals surface area contributed by atoms with Gasteiger partial charge >= 0.3 is 6.03 Å². The zero-order chi connectivity index (χ0) is 13.9. The average Bonchev–Trinajstić information content (AvgIpc) is 2.56. The number of amides is 3. The Labute approximate surface area is 118 Å². The highest BCUT2D eigenvalue weighted by Gasteiger charge is 2.50. The second-order valence-corrected chi connectivity index (χ2v) is 6.99. The molecule has 4 aliphatic rings. The number of hydroxylamine groups is 2. The number of nitrogens with zero attached hydrogens (tertiary/aromatic N) is 2. The average molecular weight is 279 g/mol. The van der Waals surface area contributed by atoms with Crippen LogP contribution >= 0.6 is 0 Å². The Morgan fingerprint density at radius 3 is 2.70 bits per heavy atom. The van der Waals surface area contributed by atoms with E-state index in [0.29, 0.717) is 30.8 Å². The van der Waals surface area contributed by atoms with Gasteiger partial charge in [0.25, 0.3) is 0 Å². The molecule has 0 unspecified atom stereocenters. The molecule has 2 aliphatic carbocycles. The fourth-order valence-electron chi connectivity index (χ4n) is 4.39. The molecule has 6 heteroatoms. The number of piperidine rings is 1. The van der Waals surface area contributed by atoms with Crippen LogP contribution in [0.4, 0.5) is 4.79 Å². The standard InChI is InChI=1S/C14H21N3O3/c18-12(15-9-6-14(7-9)4-1-5-14)11-3-2-10-8-16(11)13(19)17(10)20/h9-11,20H,1-8H2,(H,15,18)/t10-,11+/m1/s1. The summed E-state index contributed by atoms with van der Waals surface area (Å²) in [5.74, 6) is -0.0359. The number of carbonyl (C=O) groups excluding carboxylic acids is 2. The number of carbonyl (C=O) groups is 2. The van der Waals surface area contributed by atoms with Gasteiger partial charge in [-0.25, -0.2) is 9.86 Å². The molecule has 2 heterocycles. The van der Waals surface area contributed by atoms with Gasteiger partial charge in [-0.15, -0.1) is 0 Å². The van der Waals surface area contributed by atoms with E-state index in [1.807, 2.05) is 0 Å². The van der Waals surface area contributed by atoms with Crippen molar-refractivity contribution in [3.8, 4) is 0 Å². The highest BCUT2D eigenvalue weighted by Crippen LogP contribution is 2.55. The van der Waals surface area contributed by atoms with Crippen molar-refractivity contribution in [2.24, 2.45) is 5.41 Å². The van der Waals surface area contributed by atoms with Crippen LogP contribution < -0.4 is 5.32 Å². The van der Waals surface area contributed by atoms with Gasteiger partial charge in [0.05, 0.1) is 6.04 Å². The first-order valence-corrected chi connectivity index (χ1v) is 7.67. The van der Waals surface area contributed by atoms with Crippen molar-refractivity contribution in [2.45, 2.75) is 63.1 Å². The lowest BCUT2D eigenvalue weighted by molar-refractivity contribution is -0.129. The molecule has 20 heavy (non-hydrogen) atoms. The van der Waals surface area contributed by atoms with Gasteiger partial charge < -0.3 is 10.2 Å². The highest BCUT2D eigenvalue weighted by molar-refractivity contribution is 5.88. The summed E-state index contributed by atoms with van der Waals surface area (Å²) in [6.07, 6.45) is 7.52. The SMILES string of the molecule is O=C(NC1CC2(CCC2)C1)[C@@H]1CC[C@@H]2CN1C(=O)N2O. The van der Waals surface area contributed by atoms with Gasteiger partial charge in [-0.2, -0.15) is 0 Å². The van der Waals surface area contributed by atoms with Crippen LogP contribution in [0.5, 0.6) is 0 Å². The molecule has 2 aliphatic heterocycles. The molecule has 4 fully saturated rings. The van der Waals surface area contributed by atoms with Crippen molar-refractivity contribution < 1.29 is 14.8 Å². The van der Waals surface area contributed by atoms with E-state index in [0.717, 1.165) is 17.9 Å². The summed E-state index contributed by atoms with van der Waals surface area (Å²) in [6, 6.07) is -0.650. The summed E-state index contributed by atoms with van der Waals surface area (Å²) in [5, 5.41) is 13.5. The van der Waals surface area contributed by atoms with Gasteiger partial charge in [-0.05, 0) is 43.9 Å². The fraction of sp³-hybridized carbons (Fsp3) is 0.857. The van der Waals surface area contributed by atoms with Crippen LogP contribution in [0.15, 0.2) is 0 Å². The monoisotopic (exact) mass is 279 g/mol. The largest absolute Gasteiger partial charge is 0.352 e. The quantitative estimate of drug-likeness (QED) is 0.743. The summed E-state index contributed by atoms with van der Waals surface area (Å²) >= 11 is 0. The Balaban J connectivity index is 1.36. The van der Waals surface area contributed by atoms with E-state index in [2.05, 4.69) is 5.32 Å². The Morgan fingerprint density at radius 1 is 1.30 bits per heavy atom.